The number of fused-ring (bicyclic) bond motifs is 3. The standard InChI is InChI=1S/C35H35N9O3/c45-34(41-14-9-24(10-15-41)16-23-4-2-1-3-5-23)25-6-7-29-30(17-25)44(40-33(29)39-31-20-36-12-13-37-31)26-8-11-38-32(19-26)42-21-28-18-27(42)22-43(28)35(46)47/h1-8,11-13,17,19-20,24,27-28H,9-10,14-16,18,21-22H2,(H,46,47)(H,37,39,40)/t27-,28-/m0/s1. The molecule has 3 aromatic heterocycles. The molecule has 3 aliphatic heterocycles. The van der Waals surface area contributed by atoms with Gasteiger partial charge in [-0.25, -0.2) is 19.4 Å². The van der Waals surface area contributed by atoms with E-state index in [1.165, 1.54) is 10.5 Å². The maximum Gasteiger partial charge on any atom is 0.407 e. The highest BCUT2D eigenvalue weighted by Gasteiger charge is 2.46. The molecule has 0 radical (unpaired) electrons. The topological polar surface area (TPSA) is 133 Å². The SMILES string of the molecule is O=C(c1ccc2c(Nc3cnccn3)nn(-c3ccnc(N4C[C@@H]5C[C@H]4CN5C(=O)O)c3)c2c1)N1CCC(Cc2ccccc2)CC1. The Bertz CT molecular complexity index is 1930. The molecule has 47 heavy (non-hydrogen) atoms. The quantitative estimate of drug-likeness (QED) is 0.256. The number of carboxylic acid groups (broad SMARTS) is 1. The fraction of sp³-hybridized carbons (Fsp3) is 0.314. The number of nitrogens with one attached hydrogen (secondary N) is 1. The summed E-state index contributed by atoms with van der Waals surface area (Å²) in [7, 11) is 0. The van der Waals surface area contributed by atoms with Gasteiger partial charge < -0.3 is 25.1 Å². The lowest BCUT2D eigenvalue weighted by Gasteiger charge is -2.33. The van der Waals surface area contributed by atoms with E-state index < -0.39 is 6.09 Å². The number of rotatable bonds is 7. The second kappa shape index (κ2) is 12.0. The minimum atomic E-state index is -0.869. The molecule has 8 rings (SSSR count). The summed E-state index contributed by atoms with van der Waals surface area (Å²) < 4.78 is 1.83. The third kappa shape index (κ3) is 5.60. The van der Waals surface area contributed by atoms with Gasteiger partial charge in [0.25, 0.3) is 5.91 Å². The summed E-state index contributed by atoms with van der Waals surface area (Å²) in [5.41, 5.74) is 3.53. The van der Waals surface area contributed by atoms with E-state index in [9.17, 15) is 14.7 Å². The van der Waals surface area contributed by atoms with E-state index in [0.717, 1.165) is 61.2 Å². The number of piperidine rings is 1. The van der Waals surface area contributed by atoms with Gasteiger partial charge in [-0.1, -0.05) is 30.3 Å². The minimum absolute atomic E-state index is 0.0211. The predicted molar refractivity (Wildman–Crippen MR) is 177 cm³/mol. The Morgan fingerprint density at radius 2 is 1.77 bits per heavy atom. The highest BCUT2D eigenvalue weighted by molar-refractivity contribution is 6.01. The Kier molecular flexibility index (Phi) is 7.39. The third-order valence-electron chi connectivity index (χ3n) is 9.76. The summed E-state index contributed by atoms with van der Waals surface area (Å²) in [4.78, 5) is 44.3. The van der Waals surface area contributed by atoms with E-state index in [1.807, 2.05) is 46.0 Å². The Balaban J connectivity index is 1.08. The molecule has 6 heterocycles. The molecule has 2 N–H and O–H groups in total. The molecule has 2 atom stereocenters. The summed E-state index contributed by atoms with van der Waals surface area (Å²) in [5.74, 6) is 2.52. The molecule has 0 aliphatic carbocycles. The zero-order valence-corrected chi connectivity index (χ0v) is 25.8. The van der Waals surface area contributed by atoms with Gasteiger partial charge in [0.05, 0.1) is 29.5 Å². The molecule has 0 spiro atoms. The highest BCUT2D eigenvalue weighted by atomic mass is 16.4. The number of piperazine rings is 1. The molecule has 12 nitrogen and oxygen atoms in total. The number of benzene rings is 2. The molecular weight excluding hydrogens is 594 g/mol. The van der Waals surface area contributed by atoms with Gasteiger partial charge in [-0.05, 0) is 61.4 Å². The number of nitrogens with zero attached hydrogens (tertiary/aromatic N) is 8. The molecule has 2 aromatic carbocycles. The van der Waals surface area contributed by atoms with Crippen LogP contribution in [0.15, 0.2) is 85.5 Å². The van der Waals surface area contributed by atoms with Crippen molar-refractivity contribution in [2.24, 2.45) is 5.92 Å². The third-order valence-corrected chi connectivity index (χ3v) is 9.76. The Morgan fingerprint density at radius 3 is 2.51 bits per heavy atom. The summed E-state index contributed by atoms with van der Waals surface area (Å²) in [6.45, 7) is 2.54. The van der Waals surface area contributed by atoms with Gasteiger partial charge in [-0.3, -0.25) is 9.78 Å². The van der Waals surface area contributed by atoms with Crippen LogP contribution < -0.4 is 10.2 Å². The van der Waals surface area contributed by atoms with Crippen molar-refractivity contribution in [1.29, 1.82) is 0 Å². The van der Waals surface area contributed by atoms with Gasteiger partial charge in [0.1, 0.15) is 11.6 Å². The van der Waals surface area contributed by atoms with Crippen LogP contribution in [-0.2, 0) is 6.42 Å². The van der Waals surface area contributed by atoms with Crippen LogP contribution in [0.2, 0.25) is 0 Å². The maximum absolute atomic E-state index is 13.8. The molecule has 238 valence electrons. The lowest BCUT2D eigenvalue weighted by atomic mass is 9.90. The molecule has 2 bridgehead atoms. The van der Waals surface area contributed by atoms with Gasteiger partial charge in [0, 0.05) is 61.8 Å². The van der Waals surface area contributed by atoms with Gasteiger partial charge in [0.2, 0.25) is 0 Å². The van der Waals surface area contributed by atoms with Crippen molar-refractivity contribution >= 4 is 40.4 Å². The van der Waals surface area contributed by atoms with Crippen LogP contribution in [0.25, 0.3) is 16.6 Å². The number of likely N-dealkylation sites (tertiary alicyclic amines) is 2. The van der Waals surface area contributed by atoms with E-state index in [0.29, 0.717) is 36.2 Å². The van der Waals surface area contributed by atoms with E-state index in [-0.39, 0.29) is 18.0 Å². The zero-order valence-electron chi connectivity index (χ0n) is 25.8. The van der Waals surface area contributed by atoms with Crippen LogP contribution >= 0.6 is 0 Å². The van der Waals surface area contributed by atoms with Crippen molar-refractivity contribution in [1.82, 2.24) is 34.5 Å². The normalized spacial score (nSPS) is 19.4. The highest BCUT2D eigenvalue weighted by Crippen LogP contribution is 2.35. The lowest BCUT2D eigenvalue weighted by molar-refractivity contribution is 0.0690. The van der Waals surface area contributed by atoms with Crippen molar-refractivity contribution in [2.45, 2.75) is 37.8 Å². The van der Waals surface area contributed by atoms with Gasteiger partial charge in [-0.15, -0.1) is 5.10 Å². The van der Waals surface area contributed by atoms with Crippen molar-refractivity contribution in [3.8, 4) is 5.69 Å². The summed E-state index contributed by atoms with van der Waals surface area (Å²) in [6.07, 6.45) is 9.55. The van der Waals surface area contributed by atoms with E-state index in [1.54, 1.807) is 24.8 Å². The number of carbonyl (C=O) groups excluding carboxylic acids is 1. The fourth-order valence-electron chi connectivity index (χ4n) is 7.37. The zero-order chi connectivity index (χ0) is 31.9. The second-order valence-electron chi connectivity index (χ2n) is 12.6. The number of pyridine rings is 1. The Morgan fingerprint density at radius 1 is 0.915 bits per heavy atom. The Hall–Kier alpha value is -5.52. The summed E-state index contributed by atoms with van der Waals surface area (Å²) in [6, 6.07) is 20.2. The molecule has 2 amide bonds. The first-order chi connectivity index (χ1) is 23.0. The molecule has 0 unspecified atom stereocenters. The second-order valence-corrected chi connectivity index (χ2v) is 12.6. The van der Waals surface area contributed by atoms with Crippen LogP contribution in [0.1, 0.15) is 35.2 Å². The maximum atomic E-state index is 13.8. The van der Waals surface area contributed by atoms with E-state index >= 15 is 0 Å². The molecule has 12 heteroatoms. The monoisotopic (exact) mass is 629 g/mol. The molecular formula is C35H35N9O3. The van der Waals surface area contributed by atoms with Crippen molar-refractivity contribution in [3.05, 3.63) is 96.6 Å². The summed E-state index contributed by atoms with van der Waals surface area (Å²) in [5, 5.41) is 18.6. The van der Waals surface area contributed by atoms with Crippen molar-refractivity contribution < 1.29 is 14.7 Å². The largest absolute Gasteiger partial charge is 0.465 e. The van der Waals surface area contributed by atoms with E-state index in [2.05, 4.69) is 49.4 Å². The number of aromatic nitrogens is 5. The van der Waals surface area contributed by atoms with Crippen molar-refractivity contribution in [3.63, 3.8) is 0 Å². The Labute approximate surface area is 271 Å². The average molecular weight is 630 g/mol. The fourth-order valence-corrected chi connectivity index (χ4v) is 7.37. The summed E-state index contributed by atoms with van der Waals surface area (Å²) >= 11 is 0. The van der Waals surface area contributed by atoms with Crippen molar-refractivity contribution in [2.75, 3.05) is 36.4 Å². The van der Waals surface area contributed by atoms with Crippen LogP contribution in [0.5, 0.6) is 0 Å². The van der Waals surface area contributed by atoms with Crippen LogP contribution in [0.4, 0.5) is 22.2 Å². The number of hydrogen-bond acceptors (Lipinski definition) is 8. The van der Waals surface area contributed by atoms with Gasteiger partial charge >= 0.3 is 6.09 Å². The predicted octanol–water partition coefficient (Wildman–Crippen LogP) is 4.99. The number of amides is 2. The van der Waals surface area contributed by atoms with Crippen LogP contribution in [0.3, 0.4) is 0 Å². The van der Waals surface area contributed by atoms with Crippen LogP contribution in [-0.4, -0.2) is 89.9 Å². The van der Waals surface area contributed by atoms with E-state index in [4.69, 9.17) is 5.10 Å². The minimum Gasteiger partial charge on any atom is -0.465 e. The van der Waals surface area contributed by atoms with Gasteiger partial charge in [-0.2, -0.15) is 0 Å². The smallest absolute Gasteiger partial charge is 0.407 e. The molecule has 3 aliphatic rings. The molecule has 0 saturated carbocycles. The molecule has 3 saturated heterocycles. The molecule has 5 aromatic rings. The lowest BCUT2D eigenvalue weighted by Crippen LogP contribution is -2.48. The van der Waals surface area contributed by atoms with Gasteiger partial charge in [0.15, 0.2) is 5.82 Å². The number of hydrogen-bond donors (Lipinski definition) is 2. The first-order valence-corrected chi connectivity index (χ1v) is 16.1. The number of anilines is 3. The first kappa shape index (κ1) is 28.9. The first-order valence-electron chi connectivity index (χ1n) is 16.1. The molecule has 3 fully saturated rings. The van der Waals surface area contributed by atoms with Crippen LogP contribution in [0, 0.1) is 5.92 Å². The number of carbonyl (C=O) groups is 2. The average Bonchev–Trinajstić information content (AvgIpc) is 3.83.